The van der Waals surface area contributed by atoms with Crippen LogP contribution < -0.4 is 16.0 Å². The minimum atomic E-state index is 0.188. The first-order valence-electron chi connectivity index (χ1n) is 7.82. The molecule has 0 saturated heterocycles. The van der Waals surface area contributed by atoms with Gasteiger partial charge < -0.3 is 20.7 Å². The first-order valence-corrected chi connectivity index (χ1v) is 9.04. The smallest absolute Gasteiger partial charge is 0.191 e. The Morgan fingerprint density at radius 3 is 2.48 bits per heavy atom. The third kappa shape index (κ3) is 8.13. The number of aliphatic imine (C=N–C) groups is 1. The average molecular weight is 339 g/mol. The van der Waals surface area contributed by atoms with Crippen LogP contribution in [0.2, 0.25) is 0 Å². The van der Waals surface area contributed by atoms with Gasteiger partial charge in [0.05, 0.1) is 6.61 Å². The molecule has 0 aromatic heterocycles. The van der Waals surface area contributed by atoms with Crippen LogP contribution in [0.1, 0.15) is 19.4 Å². The van der Waals surface area contributed by atoms with Crippen molar-refractivity contribution in [1.29, 1.82) is 0 Å². The Balaban J connectivity index is 2.40. The third-order valence-electron chi connectivity index (χ3n) is 3.51. The van der Waals surface area contributed by atoms with Crippen LogP contribution in [0.4, 0.5) is 5.69 Å². The predicted octanol–water partition coefficient (Wildman–Crippen LogP) is 2.55. The molecule has 0 spiro atoms. The number of rotatable bonds is 9. The van der Waals surface area contributed by atoms with Crippen LogP contribution in [-0.4, -0.2) is 50.8 Å². The fraction of sp³-hybridized carbons (Fsp3) is 0.588. The van der Waals surface area contributed by atoms with Crippen molar-refractivity contribution < 1.29 is 4.74 Å². The van der Waals surface area contributed by atoms with Gasteiger partial charge in [0.25, 0.3) is 0 Å². The maximum Gasteiger partial charge on any atom is 0.191 e. The molecule has 0 heterocycles. The molecule has 0 fully saturated rings. The number of thioether (sulfide) groups is 1. The highest BCUT2D eigenvalue weighted by Crippen LogP contribution is 2.19. The summed E-state index contributed by atoms with van der Waals surface area (Å²) in [6.07, 6.45) is 2.13. The van der Waals surface area contributed by atoms with Gasteiger partial charge in [-0.15, -0.1) is 0 Å². The molecule has 6 heteroatoms. The predicted molar refractivity (Wildman–Crippen MR) is 103 cm³/mol. The molecule has 0 amide bonds. The zero-order valence-corrected chi connectivity index (χ0v) is 15.7. The Morgan fingerprint density at radius 2 is 1.91 bits per heavy atom. The van der Waals surface area contributed by atoms with Crippen LogP contribution >= 0.6 is 11.8 Å². The zero-order valence-electron chi connectivity index (χ0n) is 14.9. The number of anilines is 1. The summed E-state index contributed by atoms with van der Waals surface area (Å²) in [6, 6.07) is 8.39. The summed E-state index contributed by atoms with van der Waals surface area (Å²) in [4.78, 5) is 4.27. The van der Waals surface area contributed by atoms with Gasteiger partial charge in [0.15, 0.2) is 5.96 Å². The second kappa shape index (κ2) is 10.4. The van der Waals surface area contributed by atoms with Crippen molar-refractivity contribution in [2.75, 3.05) is 45.4 Å². The van der Waals surface area contributed by atoms with Crippen molar-refractivity contribution in [2.45, 2.75) is 25.1 Å². The van der Waals surface area contributed by atoms with Crippen molar-refractivity contribution in [1.82, 2.24) is 10.6 Å². The van der Waals surface area contributed by atoms with Crippen LogP contribution in [0.25, 0.3) is 0 Å². The highest BCUT2D eigenvalue weighted by molar-refractivity contribution is 7.99. The van der Waals surface area contributed by atoms with Crippen molar-refractivity contribution in [3.8, 4) is 0 Å². The van der Waals surface area contributed by atoms with Crippen LogP contribution in [0.5, 0.6) is 0 Å². The molecule has 0 bridgehead atoms. The van der Waals surface area contributed by atoms with E-state index in [9.17, 15) is 0 Å². The van der Waals surface area contributed by atoms with Gasteiger partial charge >= 0.3 is 0 Å². The molecular weight excluding hydrogens is 308 g/mol. The van der Waals surface area contributed by atoms with E-state index >= 15 is 0 Å². The van der Waals surface area contributed by atoms with E-state index in [1.165, 1.54) is 5.56 Å². The largest absolute Gasteiger partial charge is 0.383 e. The highest BCUT2D eigenvalue weighted by atomic mass is 32.2. The van der Waals surface area contributed by atoms with Crippen LogP contribution in [0.15, 0.2) is 29.3 Å². The summed E-state index contributed by atoms with van der Waals surface area (Å²) < 4.78 is 5.21. The number of hydrogen-bond acceptors (Lipinski definition) is 4. The SMILES string of the molecule is CN=C(NCc1ccc(NCCOC)cc1)NCC(C)(C)SC. The molecule has 23 heavy (non-hydrogen) atoms. The first kappa shape index (κ1) is 19.6. The molecule has 0 unspecified atom stereocenters. The monoisotopic (exact) mass is 338 g/mol. The minimum absolute atomic E-state index is 0.188. The molecule has 0 aliphatic rings. The van der Waals surface area contributed by atoms with E-state index < -0.39 is 0 Å². The molecular formula is C17H30N4OS. The van der Waals surface area contributed by atoms with Crippen LogP contribution in [-0.2, 0) is 11.3 Å². The summed E-state index contributed by atoms with van der Waals surface area (Å²) in [5.74, 6) is 0.828. The van der Waals surface area contributed by atoms with Gasteiger partial charge in [0.2, 0.25) is 0 Å². The summed E-state index contributed by atoms with van der Waals surface area (Å²) in [7, 11) is 3.50. The zero-order chi connectivity index (χ0) is 17.1. The van der Waals surface area contributed by atoms with Crippen molar-refractivity contribution in [3.05, 3.63) is 29.8 Å². The molecule has 0 radical (unpaired) electrons. The summed E-state index contributed by atoms with van der Waals surface area (Å²) in [5, 5.41) is 10.0. The van der Waals surface area contributed by atoms with E-state index in [0.29, 0.717) is 6.61 Å². The van der Waals surface area contributed by atoms with Crippen LogP contribution in [0, 0.1) is 0 Å². The molecule has 0 saturated carbocycles. The van der Waals surface area contributed by atoms with Gasteiger partial charge in [0.1, 0.15) is 0 Å². The maximum absolute atomic E-state index is 5.03. The third-order valence-corrected chi connectivity index (χ3v) is 4.76. The number of ether oxygens (including phenoxy) is 1. The topological polar surface area (TPSA) is 57.7 Å². The van der Waals surface area contributed by atoms with E-state index in [1.807, 2.05) is 11.8 Å². The van der Waals surface area contributed by atoms with Gasteiger partial charge in [-0.25, -0.2) is 0 Å². The lowest BCUT2D eigenvalue weighted by Gasteiger charge is -2.23. The summed E-state index contributed by atoms with van der Waals surface area (Å²) in [5.41, 5.74) is 2.32. The average Bonchev–Trinajstić information content (AvgIpc) is 2.56. The second-order valence-corrected chi connectivity index (χ2v) is 7.37. The number of guanidine groups is 1. The van der Waals surface area contributed by atoms with E-state index in [-0.39, 0.29) is 4.75 Å². The highest BCUT2D eigenvalue weighted by Gasteiger charge is 2.15. The molecule has 5 nitrogen and oxygen atoms in total. The molecule has 130 valence electrons. The van der Waals surface area contributed by atoms with Gasteiger partial charge in [-0.2, -0.15) is 11.8 Å². The van der Waals surface area contributed by atoms with Gasteiger partial charge in [-0.1, -0.05) is 12.1 Å². The Labute approximate surface area is 144 Å². The minimum Gasteiger partial charge on any atom is -0.383 e. The maximum atomic E-state index is 5.03. The summed E-state index contributed by atoms with van der Waals surface area (Å²) in [6.45, 7) is 7.57. The molecule has 3 N–H and O–H groups in total. The standard InChI is InChI=1S/C17H30N4OS/c1-17(2,23-5)13-21-16(18-3)20-12-14-6-8-15(9-7-14)19-10-11-22-4/h6-9,19H,10-13H2,1-5H3,(H2,18,20,21). The lowest BCUT2D eigenvalue weighted by atomic mass is 10.2. The van der Waals surface area contributed by atoms with Crippen molar-refractivity contribution in [2.24, 2.45) is 4.99 Å². The molecule has 1 rings (SSSR count). The molecule has 0 aliphatic heterocycles. The molecule has 0 aliphatic carbocycles. The van der Waals surface area contributed by atoms with Crippen molar-refractivity contribution in [3.63, 3.8) is 0 Å². The van der Waals surface area contributed by atoms with E-state index in [1.54, 1.807) is 14.2 Å². The Kier molecular flexibility index (Phi) is 8.87. The molecule has 1 aromatic rings. The lowest BCUT2D eigenvalue weighted by Crippen LogP contribution is -2.42. The van der Waals surface area contributed by atoms with Gasteiger partial charge in [-0.05, 0) is 37.8 Å². The number of hydrogen-bond donors (Lipinski definition) is 3. The van der Waals surface area contributed by atoms with Gasteiger partial charge in [-0.3, -0.25) is 4.99 Å². The normalized spacial score (nSPS) is 12.1. The van der Waals surface area contributed by atoms with Crippen molar-refractivity contribution >= 4 is 23.4 Å². The van der Waals surface area contributed by atoms with E-state index in [0.717, 1.165) is 31.3 Å². The fourth-order valence-corrected chi connectivity index (χ4v) is 2.03. The summed E-state index contributed by atoms with van der Waals surface area (Å²) >= 11 is 1.84. The Hall–Kier alpha value is -1.40. The molecule has 1 aromatic carbocycles. The quantitative estimate of drug-likeness (QED) is 0.367. The fourth-order valence-electron chi connectivity index (χ4n) is 1.81. The van der Waals surface area contributed by atoms with E-state index in [4.69, 9.17) is 4.74 Å². The first-order chi connectivity index (χ1) is 11.0. The lowest BCUT2D eigenvalue weighted by molar-refractivity contribution is 0.211. The second-order valence-electron chi connectivity index (χ2n) is 5.86. The number of nitrogens with zero attached hydrogens (tertiary/aromatic N) is 1. The Bertz CT molecular complexity index is 474. The number of benzene rings is 1. The number of nitrogens with one attached hydrogen (secondary N) is 3. The molecule has 0 atom stereocenters. The Morgan fingerprint density at radius 1 is 1.22 bits per heavy atom. The van der Waals surface area contributed by atoms with Gasteiger partial charge in [0, 0.05) is 44.2 Å². The van der Waals surface area contributed by atoms with E-state index in [2.05, 4.69) is 65.3 Å². The number of methoxy groups -OCH3 is 1. The van der Waals surface area contributed by atoms with Crippen LogP contribution in [0.3, 0.4) is 0 Å².